The number of aromatic nitrogens is 5. The van der Waals surface area contributed by atoms with E-state index in [-0.39, 0.29) is 23.2 Å². The van der Waals surface area contributed by atoms with Crippen molar-refractivity contribution in [3.63, 3.8) is 0 Å². The van der Waals surface area contributed by atoms with E-state index in [1.165, 1.54) is 21.2 Å². The molecule has 0 unspecified atom stereocenters. The van der Waals surface area contributed by atoms with Crippen LogP contribution in [0.15, 0.2) is 45.1 Å². The molecule has 0 saturated heterocycles. The van der Waals surface area contributed by atoms with Crippen LogP contribution in [0.1, 0.15) is 57.7 Å². The summed E-state index contributed by atoms with van der Waals surface area (Å²) in [6, 6.07) is 9.82. The van der Waals surface area contributed by atoms with Crippen molar-refractivity contribution in [2.75, 3.05) is 22.9 Å². The van der Waals surface area contributed by atoms with Crippen LogP contribution in [0, 0.1) is 0 Å². The number of carbonyl (C=O) groups excluding carboxylic acids is 1. The van der Waals surface area contributed by atoms with Crippen molar-refractivity contribution in [3.05, 3.63) is 57.0 Å². The molecule has 2 aromatic heterocycles. The van der Waals surface area contributed by atoms with Gasteiger partial charge in [-0.3, -0.25) is 19.1 Å². The number of para-hydroxylation sites is 1. The number of nitrogens with two attached hydrogens (primary N) is 1. The number of H-pyrrole nitrogens is 1. The topological polar surface area (TPSA) is 132 Å². The summed E-state index contributed by atoms with van der Waals surface area (Å²) in [5.41, 5.74) is 5.96. The Balaban J connectivity index is 1.59. The van der Waals surface area contributed by atoms with Crippen LogP contribution in [-0.2, 0) is 11.3 Å². The minimum absolute atomic E-state index is 0.0116. The van der Waals surface area contributed by atoms with E-state index in [0.29, 0.717) is 37.0 Å². The molecule has 1 fully saturated rings. The van der Waals surface area contributed by atoms with E-state index < -0.39 is 11.2 Å². The van der Waals surface area contributed by atoms with E-state index in [2.05, 4.69) is 10.1 Å². The van der Waals surface area contributed by atoms with Gasteiger partial charge in [-0.25, -0.2) is 14.5 Å². The Morgan fingerprint density at radius 2 is 1.94 bits per heavy atom. The first-order chi connectivity index (χ1) is 16.9. The molecule has 0 atom stereocenters. The molecule has 10 nitrogen and oxygen atoms in total. The second-order valence-electron chi connectivity index (χ2n) is 8.61. The summed E-state index contributed by atoms with van der Waals surface area (Å²) in [5, 5.41) is 5.16. The Bertz CT molecular complexity index is 1290. The maximum absolute atomic E-state index is 13.3. The summed E-state index contributed by atoms with van der Waals surface area (Å²) in [4.78, 5) is 46.7. The van der Waals surface area contributed by atoms with Gasteiger partial charge in [-0.15, -0.1) is 5.10 Å². The van der Waals surface area contributed by atoms with Crippen LogP contribution >= 0.6 is 11.8 Å². The third-order valence-corrected chi connectivity index (χ3v) is 6.67. The number of aromatic amines is 1. The van der Waals surface area contributed by atoms with Gasteiger partial charge in [0.25, 0.3) is 5.56 Å². The van der Waals surface area contributed by atoms with Crippen LogP contribution in [0.3, 0.4) is 0 Å². The number of nitrogen functional groups attached to an aromatic ring is 1. The zero-order chi connectivity index (χ0) is 24.9. The van der Waals surface area contributed by atoms with Gasteiger partial charge in [-0.05, 0) is 37.8 Å². The number of amides is 1. The summed E-state index contributed by atoms with van der Waals surface area (Å²) in [6.07, 6.45) is 4.34. The quantitative estimate of drug-likeness (QED) is 0.389. The predicted octanol–water partition coefficient (Wildman–Crippen LogP) is 2.91. The number of benzene rings is 1. The minimum atomic E-state index is -0.656. The highest BCUT2D eigenvalue weighted by atomic mass is 32.2. The number of nitrogens with zero attached hydrogens (tertiary/aromatic N) is 5. The van der Waals surface area contributed by atoms with Gasteiger partial charge in [0.2, 0.25) is 11.1 Å². The monoisotopic (exact) mass is 497 g/mol. The van der Waals surface area contributed by atoms with Crippen LogP contribution in [0.2, 0.25) is 0 Å². The molecule has 11 heteroatoms. The highest BCUT2D eigenvalue weighted by molar-refractivity contribution is 7.99. The van der Waals surface area contributed by atoms with Gasteiger partial charge in [0.1, 0.15) is 11.6 Å². The minimum Gasteiger partial charge on any atom is -0.383 e. The first-order valence-corrected chi connectivity index (χ1v) is 13.0. The molecule has 35 heavy (non-hydrogen) atoms. The van der Waals surface area contributed by atoms with Crippen molar-refractivity contribution < 1.29 is 4.79 Å². The molecule has 0 spiro atoms. The van der Waals surface area contributed by atoms with E-state index in [4.69, 9.17) is 10.7 Å². The summed E-state index contributed by atoms with van der Waals surface area (Å²) >= 11 is 1.23. The zero-order valence-electron chi connectivity index (χ0n) is 20.1. The molecular weight excluding hydrogens is 466 g/mol. The number of hydrogen-bond acceptors (Lipinski definition) is 7. The van der Waals surface area contributed by atoms with Crippen molar-refractivity contribution in [2.24, 2.45) is 0 Å². The summed E-state index contributed by atoms with van der Waals surface area (Å²) in [5.74, 6) is 1.05. The molecule has 2 heterocycles. The molecule has 1 aromatic carbocycles. The van der Waals surface area contributed by atoms with Crippen molar-refractivity contribution in [3.8, 4) is 5.69 Å². The molecule has 186 valence electrons. The first-order valence-electron chi connectivity index (χ1n) is 12.0. The lowest BCUT2D eigenvalue weighted by Gasteiger charge is -2.24. The van der Waals surface area contributed by atoms with Crippen LogP contribution in [0.25, 0.3) is 5.69 Å². The Labute approximate surface area is 207 Å². The third-order valence-electron chi connectivity index (χ3n) is 5.85. The molecule has 3 N–H and O–H groups in total. The van der Waals surface area contributed by atoms with Gasteiger partial charge >= 0.3 is 5.69 Å². The fourth-order valence-corrected chi connectivity index (χ4v) is 4.60. The first kappa shape index (κ1) is 24.8. The van der Waals surface area contributed by atoms with Crippen molar-refractivity contribution in [1.82, 2.24) is 24.3 Å². The third kappa shape index (κ3) is 5.50. The number of thioether (sulfide) groups is 1. The van der Waals surface area contributed by atoms with Crippen LogP contribution < -0.4 is 21.9 Å². The van der Waals surface area contributed by atoms with E-state index >= 15 is 0 Å². The highest BCUT2D eigenvalue weighted by Crippen LogP contribution is 2.40. The maximum atomic E-state index is 13.3. The summed E-state index contributed by atoms with van der Waals surface area (Å²) in [7, 11) is 0. The van der Waals surface area contributed by atoms with E-state index in [1.807, 2.05) is 48.9 Å². The number of carbonyl (C=O) groups is 1. The Kier molecular flexibility index (Phi) is 7.74. The maximum Gasteiger partial charge on any atom is 0.330 e. The molecule has 1 saturated carbocycles. The molecule has 0 aliphatic heterocycles. The second-order valence-corrected chi connectivity index (χ2v) is 9.55. The van der Waals surface area contributed by atoms with Crippen LogP contribution in [0.4, 0.5) is 11.5 Å². The molecule has 0 bridgehead atoms. The Morgan fingerprint density at radius 1 is 1.20 bits per heavy atom. The lowest BCUT2D eigenvalue weighted by Crippen LogP contribution is -2.42. The zero-order valence-corrected chi connectivity index (χ0v) is 20.9. The number of rotatable bonds is 11. The molecule has 1 aliphatic rings. The van der Waals surface area contributed by atoms with Gasteiger partial charge in [-0.1, -0.05) is 50.2 Å². The standard InChI is InChI=1S/C24H31N7O3S/c1-3-5-14-29(19-20(25)30(13-4-2)24(34)27-22(19)33)18(32)15-35-23-26-21(16-11-12-16)31(28-23)17-9-7-6-8-10-17/h6-10,16H,3-5,11-15,25H2,1-2H3,(H,27,33,34). The molecule has 3 aromatic rings. The fraction of sp³-hybridized carbons (Fsp3) is 0.458. The molecule has 1 amide bonds. The second kappa shape index (κ2) is 10.9. The van der Waals surface area contributed by atoms with Crippen molar-refractivity contribution >= 4 is 29.2 Å². The fourth-order valence-electron chi connectivity index (χ4n) is 3.90. The predicted molar refractivity (Wildman–Crippen MR) is 137 cm³/mol. The number of unbranched alkanes of at least 4 members (excludes halogenated alkanes) is 1. The Hall–Kier alpha value is -3.34. The molecule has 1 aliphatic carbocycles. The summed E-state index contributed by atoms with van der Waals surface area (Å²) < 4.78 is 3.16. The van der Waals surface area contributed by atoms with Crippen LogP contribution in [0.5, 0.6) is 0 Å². The van der Waals surface area contributed by atoms with Gasteiger partial charge < -0.3 is 10.6 Å². The van der Waals surface area contributed by atoms with Gasteiger partial charge in [0.15, 0.2) is 5.69 Å². The largest absolute Gasteiger partial charge is 0.383 e. The smallest absolute Gasteiger partial charge is 0.330 e. The van der Waals surface area contributed by atoms with Crippen LogP contribution in [-0.4, -0.2) is 42.5 Å². The van der Waals surface area contributed by atoms with E-state index in [1.54, 1.807) is 0 Å². The van der Waals surface area contributed by atoms with Crippen molar-refractivity contribution in [1.29, 1.82) is 0 Å². The average molecular weight is 498 g/mol. The average Bonchev–Trinajstić information content (AvgIpc) is 3.61. The van der Waals surface area contributed by atoms with E-state index in [9.17, 15) is 14.4 Å². The SMILES string of the molecule is CCCCN(C(=O)CSc1nc(C2CC2)n(-c2ccccc2)n1)c1c(N)n(CCC)c(=O)[nH]c1=O. The number of nitrogens with one attached hydrogen (secondary N) is 1. The van der Waals surface area contributed by atoms with Gasteiger partial charge in [-0.2, -0.15) is 0 Å². The summed E-state index contributed by atoms with van der Waals surface area (Å²) in [6.45, 7) is 4.59. The van der Waals surface area contributed by atoms with Gasteiger partial charge in [0.05, 0.1) is 11.4 Å². The normalized spacial score (nSPS) is 13.2. The number of anilines is 2. The number of hydrogen-bond donors (Lipinski definition) is 2. The van der Waals surface area contributed by atoms with Crippen molar-refractivity contribution in [2.45, 2.75) is 63.6 Å². The molecule has 0 radical (unpaired) electrons. The lowest BCUT2D eigenvalue weighted by molar-refractivity contribution is -0.116. The molecule has 4 rings (SSSR count). The highest BCUT2D eigenvalue weighted by Gasteiger charge is 2.31. The van der Waals surface area contributed by atoms with Gasteiger partial charge in [0, 0.05) is 19.0 Å². The molecular formula is C24H31N7O3S. The lowest BCUT2D eigenvalue weighted by atomic mass is 10.2. The van der Waals surface area contributed by atoms with E-state index in [0.717, 1.165) is 30.8 Å². The Morgan fingerprint density at radius 3 is 2.60 bits per heavy atom.